The maximum absolute atomic E-state index is 13.7. The highest BCUT2D eigenvalue weighted by molar-refractivity contribution is 7.89. The zero-order valence-electron chi connectivity index (χ0n) is 11.3. The standard InChI is InChI=1S/C13H18F2N2O2S/c1-2-7-20(18,19)16-11-5-6-17(9-11)13-4-3-10(14)8-12(13)15/h3-4,8,11,16H,2,5-7,9H2,1H3. The molecule has 1 aromatic carbocycles. The minimum absolute atomic E-state index is 0.0917. The molecular weight excluding hydrogens is 286 g/mol. The van der Waals surface area contributed by atoms with Gasteiger partial charge in [0.25, 0.3) is 0 Å². The van der Waals surface area contributed by atoms with Crippen molar-refractivity contribution in [2.45, 2.75) is 25.8 Å². The Kier molecular flexibility index (Phi) is 4.59. The van der Waals surface area contributed by atoms with Crippen LogP contribution in [0, 0.1) is 11.6 Å². The molecule has 0 radical (unpaired) electrons. The van der Waals surface area contributed by atoms with E-state index in [1.165, 1.54) is 12.1 Å². The normalized spacial score (nSPS) is 19.6. The van der Waals surface area contributed by atoms with Gasteiger partial charge in [-0.25, -0.2) is 21.9 Å². The van der Waals surface area contributed by atoms with Crippen molar-refractivity contribution in [3.05, 3.63) is 29.8 Å². The third-order valence-electron chi connectivity index (χ3n) is 3.26. The maximum atomic E-state index is 13.7. The highest BCUT2D eigenvalue weighted by Gasteiger charge is 2.27. The third kappa shape index (κ3) is 3.67. The first kappa shape index (κ1) is 15.2. The summed E-state index contributed by atoms with van der Waals surface area (Å²) in [5, 5.41) is 0. The Bertz CT molecular complexity index is 578. The van der Waals surface area contributed by atoms with Crippen molar-refractivity contribution < 1.29 is 17.2 Å². The predicted molar refractivity (Wildman–Crippen MR) is 74.2 cm³/mol. The Morgan fingerprint density at radius 1 is 1.40 bits per heavy atom. The van der Waals surface area contributed by atoms with Gasteiger partial charge in [0.1, 0.15) is 11.6 Å². The molecule has 1 heterocycles. The second kappa shape index (κ2) is 6.05. The average Bonchev–Trinajstić information content (AvgIpc) is 2.76. The predicted octanol–water partition coefficient (Wildman–Crippen LogP) is 1.87. The van der Waals surface area contributed by atoms with Crippen LogP contribution in [-0.4, -0.2) is 33.3 Å². The van der Waals surface area contributed by atoms with E-state index in [-0.39, 0.29) is 11.8 Å². The first-order valence-electron chi connectivity index (χ1n) is 6.61. The number of nitrogens with zero attached hydrogens (tertiary/aromatic N) is 1. The van der Waals surface area contributed by atoms with Crippen LogP contribution in [-0.2, 0) is 10.0 Å². The number of benzene rings is 1. The van der Waals surface area contributed by atoms with E-state index in [4.69, 9.17) is 0 Å². The number of nitrogens with one attached hydrogen (secondary N) is 1. The van der Waals surface area contributed by atoms with Gasteiger partial charge < -0.3 is 4.90 Å². The van der Waals surface area contributed by atoms with Gasteiger partial charge in [-0.1, -0.05) is 6.92 Å². The number of hydrogen-bond acceptors (Lipinski definition) is 3. The van der Waals surface area contributed by atoms with E-state index in [1.54, 1.807) is 11.8 Å². The number of sulfonamides is 1. The number of hydrogen-bond donors (Lipinski definition) is 1. The molecule has 4 nitrogen and oxygen atoms in total. The fourth-order valence-corrected chi connectivity index (χ4v) is 3.75. The highest BCUT2D eigenvalue weighted by atomic mass is 32.2. The van der Waals surface area contributed by atoms with E-state index >= 15 is 0 Å². The average molecular weight is 304 g/mol. The SMILES string of the molecule is CCCS(=O)(=O)NC1CCN(c2ccc(F)cc2F)C1. The minimum Gasteiger partial charge on any atom is -0.368 e. The molecule has 1 aromatic rings. The summed E-state index contributed by atoms with van der Waals surface area (Å²) in [5.41, 5.74) is 0.309. The third-order valence-corrected chi connectivity index (χ3v) is 4.90. The molecule has 7 heteroatoms. The van der Waals surface area contributed by atoms with Gasteiger partial charge in [0.15, 0.2) is 0 Å². The molecule has 1 atom stereocenters. The van der Waals surface area contributed by atoms with Gasteiger partial charge in [-0.3, -0.25) is 0 Å². The van der Waals surface area contributed by atoms with Crippen molar-refractivity contribution in [3.63, 3.8) is 0 Å². The van der Waals surface area contributed by atoms with E-state index in [0.29, 0.717) is 31.6 Å². The Morgan fingerprint density at radius 2 is 2.15 bits per heavy atom. The van der Waals surface area contributed by atoms with Crippen LogP contribution in [0.25, 0.3) is 0 Å². The summed E-state index contributed by atoms with van der Waals surface area (Å²) < 4.78 is 52.5. The van der Waals surface area contributed by atoms with Gasteiger partial charge in [-0.2, -0.15) is 0 Å². The van der Waals surface area contributed by atoms with Crippen LogP contribution in [0.4, 0.5) is 14.5 Å². The van der Waals surface area contributed by atoms with E-state index in [0.717, 1.165) is 6.07 Å². The monoisotopic (exact) mass is 304 g/mol. The molecule has 1 saturated heterocycles. The lowest BCUT2D eigenvalue weighted by molar-refractivity contribution is 0.559. The Morgan fingerprint density at radius 3 is 2.80 bits per heavy atom. The van der Waals surface area contributed by atoms with Gasteiger partial charge in [0.2, 0.25) is 10.0 Å². The van der Waals surface area contributed by atoms with Gasteiger partial charge in [0.05, 0.1) is 11.4 Å². The molecule has 0 bridgehead atoms. The number of rotatable bonds is 5. The van der Waals surface area contributed by atoms with Crippen molar-refractivity contribution >= 4 is 15.7 Å². The Hall–Kier alpha value is -1.21. The van der Waals surface area contributed by atoms with Crippen molar-refractivity contribution in [2.75, 3.05) is 23.7 Å². The molecule has 0 spiro atoms. The molecular formula is C13H18F2N2O2S. The molecule has 20 heavy (non-hydrogen) atoms. The topological polar surface area (TPSA) is 49.4 Å². The van der Waals surface area contributed by atoms with E-state index in [2.05, 4.69) is 4.72 Å². The molecule has 112 valence electrons. The molecule has 0 aliphatic carbocycles. The molecule has 1 N–H and O–H groups in total. The van der Waals surface area contributed by atoms with Gasteiger partial charge >= 0.3 is 0 Å². The van der Waals surface area contributed by atoms with Gasteiger partial charge in [0, 0.05) is 25.2 Å². The van der Waals surface area contributed by atoms with Gasteiger partial charge in [-0.15, -0.1) is 0 Å². The summed E-state index contributed by atoms with van der Waals surface area (Å²) in [4.78, 5) is 1.73. The van der Waals surface area contributed by atoms with Crippen LogP contribution in [0.3, 0.4) is 0 Å². The molecule has 1 unspecified atom stereocenters. The lowest BCUT2D eigenvalue weighted by Gasteiger charge is -2.19. The first-order valence-corrected chi connectivity index (χ1v) is 8.26. The summed E-state index contributed by atoms with van der Waals surface area (Å²) in [7, 11) is -3.27. The number of anilines is 1. The van der Waals surface area contributed by atoms with E-state index in [9.17, 15) is 17.2 Å². The fourth-order valence-electron chi connectivity index (χ4n) is 2.39. The van der Waals surface area contributed by atoms with Crippen LogP contribution in [0.15, 0.2) is 18.2 Å². The second-order valence-electron chi connectivity index (χ2n) is 4.96. The molecule has 1 fully saturated rings. The quantitative estimate of drug-likeness (QED) is 0.903. The summed E-state index contributed by atoms with van der Waals surface area (Å²) in [6.07, 6.45) is 1.16. The van der Waals surface area contributed by atoms with Crippen LogP contribution >= 0.6 is 0 Å². The molecule has 1 aliphatic rings. The maximum Gasteiger partial charge on any atom is 0.211 e. The van der Waals surface area contributed by atoms with Gasteiger partial charge in [-0.05, 0) is 25.0 Å². The molecule has 0 amide bonds. The first-order chi connectivity index (χ1) is 9.41. The lowest BCUT2D eigenvalue weighted by Crippen LogP contribution is -2.38. The van der Waals surface area contributed by atoms with Crippen LogP contribution in [0.5, 0.6) is 0 Å². The lowest BCUT2D eigenvalue weighted by atomic mass is 10.2. The summed E-state index contributed by atoms with van der Waals surface area (Å²) in [5.74, 6) is -1.15. The smallest absolute Gasteiger partial charge is 0.211 e. The Balaban J connectivity index is 2.02. The molecule has 1 aliphatic heterocycles. The summed E-state index contributed by atoms with van der Waals surface area (Å²) in [6.45, 7) is 2.74. The minimum atomic E-state index is -3.27. The Labute approximate surface area is 117 Å². The molecule has 2 rings (SSSR count). The molecule has 0 aromatic heterocycles. The zero-order chi connectivity index (χ0) is 14.8. The van der Waals surface area contributed by atoms with Crippen LogP contribution in [0.1, 0.15) is 19.8 Å². The zero-order valence-corrected chi connectivity index (χ0v) is 12.1. The summed E-state index contributed by atoms with van der Waals surface area (Å²) in [6, 6.07) is 3.20. The second-order valence-corrected chi connectivity index (χ2v) is 6.84. The summed E-state index contributed by atoms with van der Waals surface area (Å²) >= 11 is 0. The van der Waals surface area contributed by atoms with Crippen molar-refractivity contribution in [2.24, 2.45) is 0 Å². The van der Waals surface area contributed by atoms with Crippen molar-refractivity contribution in [1.29, 1.82) is 0 Å². The van der Waals surface area contributed by atoms with Crippen LogP contribution in [0.2, 0.25) is 0 Å². The highest BCUT2D eigenvalue weighted by Crippen LogP contribution is 2.24. The van der Waals surface area contributed by atoms with E-state index < -0.39 is 21.7 Å². The van der Waals surface area contributed by atoms with Crippen LogP contribution < -0.4 is 9.62 Å². The molecule has 0 saturated carbocycles. The van der Waals surface area contributed by atoms with Crippen molar-refractivity contribution in [1.82, 2.24) is 4.72 Å². The largest absolute Gasteiger partial charge is 0.368 e. The van der Waals surface area contributed by atoms with Crippen molar-refractivity contribution in [3.8, 4) is 0 Å². The number of halogens is 2. The fraction of sp³-hybridized carbons (Fsp3) is 0.538. The van der Waals surface area contributed by atoms with E-state index in [1.807, 2.05) is 0 Å².